The fraction of sp³-hybridized carbons (Fsp3) is 0.800. The summed E-state index contributed by atoms with van der Waals surface area (Å²) >= 11 is 5.51. The number of nitrogens with zero attached hydrogens (tertiary/aromatic N) is 1. The summed E-state index contributed by atoms with van der Waals surface area (Å²) in [5.74, 6) is -0.0231. The highest BCUT2D eigenvalue weighted by Gasteiger charge is 2.39. The topological polar surface area (TPSA) is 78.5 Å². The molecule has 0 aliphatic carbocycles. The van der Waals surface area contributed by atoms with Gasteiger partial charge in [0, 0.05) is 43.9 Å². The maximum absolute atomic E-state index is 12.1. The van der Waals surface area contributed by atoms with Gasteiger partial charge in [-0.25, -0.2) is 0 Å². The van der Waals surface area contributed by atoms with Crippen molar-refractivity contribution < 1.29 is 14.4 Å². The van der Waals surface area contributed by atoms with E-state index < -0.39 is 0 Å². The van der Waals surface area contributed by atoms with Crippen LogP contribution in [0.2, 0.25) is 0 Å². The van der Waals surface area contributed by atoms with Crippen LogP contribution in [0.4, 0.5) is 0 Å². The predicted octanol–water partition coefficient (Wildman–Crippen LogP) is 0.885. The lowest BCUT2D eigenvalue weighted by atomic mass is 10.1. The van der Waals surface area contributed by atoms with Gasteiger partial charge < -0.3 is 15.5 Å². The lowest BCUT2D eigenvalue weighted by Gasteiger charge is -2.31. The van der Waals surface area contributed by atoms with Crippen LogP contribution in [0.25, 0.3) is 0 Å². The number of hydrogen-bond donors (Lipinski definition) is 2. The normalized spacial score (nSPS) is 18.5. The molecule has 6 nitrogen and oxygen atoms in total. The summed E-state index contributed by atoms with van der Waals surface area (Å²) in [6.45, 7) is 7.09. The molecule has 1 atom stereocenters. The summed E-state index contributed by atoms with van der Waals surface area (Å²) in [4.78, 5) is 37.1. The van der Waals surface area contributed by atoms with Gasteiger partial charge in [0.05, 0.1) is 5.92 Å². The van der Waals surface area contributed by atoms with Crippen LogP contribution < -0.4 is 10.6 Å². The summed E-state index contributed by atoms with van der Waals surface area (Å²) in [5.41, 5.74) is -0.261. The minimum absolute atomic E-state index is 0.0158. The third-order valence-corrected chi connectivity index (χ3v) is 3.86. The van der Waals surface area contributed by atoms with E-state index in [4.69, 9.17) is 11.6 Å². The first-order valence-electron chi connectivity index (χ1n) is 7.66. The highest BCUT2D eigenvalue weighted by atomic mass is 35.5. The Labute approximate surface area is 136 Å². The second-order valence-electron chi connectivity index (χ2n) is 6.51. The van der Waals surface area contributed by atoms with E-state index in [2.05, 4.69) is 10.6 Å². The van der Waals surface area contributed by atoms with Crippen molar-refractivity contribution in [3.05, 3.63) is 0 Å². The molecule has 126 valence electrons. The summed E-state index contributed by atoms with van der Waals surface area (Å²) < 4.78 is 0. The number of alkyl halides is 1. The molecule has 3 amide bonds. The molecule has 1 aliphatic rings. The van der Waals surface area contributed by atoms with Gasteiger partial charge in [-0.15, -0.1) is 11.6 Å². The molecule has 2 N–H and O–H groups in total. The SMILES string of the molecule is CC(C)(C)N1CC(C(=O)NCCNC(=O)CCCCl)CC1=O. The number of amides is 3. The van der Waals surface area contributed by atoms with E-state index in [-0.39, 0.29) is 35.6 Å². The molecule has 0 aromatic carbocycles. The van der Waals surface area contributed by atoms with Crippen molar-refractivity contribution in [2.24, 2.45) is 5.92 Å². The minimum Gasteiger partial charge on any atom is -0.354 e. The standard InChI is InChI=1S/C15H26ClN3O3/c1-15(2,3)19-10-11(9-13(19)21)14(22)18-8-7-17-12(20)5-4-6-16/h11H,4-10H2,1-3H3,(H,17,20)(H,18,22). The molecule has 7 heteroatoms. The lowest BCUT2D eigenvalue weighted by molar-refractivity contribution is -0.132. The molecule has 0 aromatic heterocycles. The van der Waals surface area contributed by atoms with Crippen LogP contribution in [0.3, 0.4) is 0 Å². The molecule has 0 radical (unpaired) electrons. The molecule has 1 saturated heterocycles. The molecule has 0 saturated carbocycles. The first-order chi connectivity index (χ1) is 10.3. The van der Waals surface area contributed by atoms with Crippen LogP contribution in [0.15, 0.2) is 0 Å². The van der Waals surface area contributed by atoms with Gasteiger partial charge in [0.1, 0.15) is 0 Å². The third-order valence-electron chi connectivity index (χ3n) is 3.59. The Morgan fingerprint density at radius 3 is 2.45 bits per heavy atom. The molecule has 22 heavy (non-hydrogen) atoms. The van der Waals surface area contributed by atoms with E-state index in [1.807, 2.05) is 20.8 Å². The maximum Gasteiger partial charge on any atom is 0.225 e. The summed E-state index contributed by atoms with van der Waals surface area (Å²) in [6.07, 6.45) is 1.30. The van der Waals surface area contributed by atoms with E-state index in [9.17, 15) is 14.4 Å². The van der Waals surface area contributed by atoms with Crippen LogP contribution in [-0.2, 0) is 14.4 Å². The summed E-state index contributed by atoms with van der Waals surface area (Å²) in [7, 11) is 0. The fourth-order valence-corrected chi connectivity index (χ4v) is 2.51. The molecule has 1 rings (SSSR count). The molecule has 1 unspecified atom stereocenters. The van der Waals surface area contributed by atoms with Gasteiger partial charge in [-0.05, 0) is 27.2 Å². The van der Waals surface area contributed by atoms with Gasteiger partial charge in [-0.1, -0.05) is 0 Å². The van der Waals surface area contributed by atoms with Crippen molar-refractivity contribution in [3.8, 4) is 0 Å². The number of hydrogen-bond acceptors (Lipinski definition) is 3. The minimum atomic E-state index is -0.307. The van der Waals surface area contributed by atoms with Gasteiger partial charge in [-0.3, -0.25) is 14.4 Å². The molecular formula is C15H26ClN3O3. The zero-order chi connectivity index (χ0) is 16.8. The van der Waals surface area contributed by atoms with Crippen LogP contribution in [0.1, 0.15) is 40.0 Å². The number of carbonyl (C=O) groups excluding carboxylic acids is 3. The molecule has 0 bridgehead atoms. The van der Waals surface area contributed by atoms with E-state index in [1.165, 1.54) is 0 Å². The first kappa shape index (κ1) is 18.7. The second kappa shape index (κ2) is 8.36. The zero-order valence-electron chi connectivity index (χ0n) is 13.6. The first-order valence-corrected chi connectivity index (χ1v) is 8.20. The number of carbonyl (C=O) groups is 3. The van der Waals surface area contributed by atoms with Crippen LogP contribution in [0, 0.1) is 5.92 Å². The van der Waals surface area contributed by atoms with Crippen LogP contribution in [-0.4, -0.2) is 53.7 Å². The Balaban J connectivity index is 2.27. The molecule has 1 fully saturated rings. The molecule has 0 spiro atoms. The van der Waals surface area contributed by atoms with E-state index in [0.717, 1.165) is 0 Å². The van der Waals surface area contributed by atoms with Gasteiger partial charge >= 0.3 is 0 Å². The second-order valence-corrected chi connectivity index (χ2v) is 6.89. The summed E-state index contributed by atoms with van der Waals surface area (Å²) in [6, 6.07) is 0. The molecular weight excluding hydrogens is 306 g/mol. The Morgan fingerprint density at radius 1 is 1.27 bits per heavy atom. The highest BCUT2D eigenvalue weighted by molar-refractivity contribution is 6.17. The Morgan fingerprint density at radius 2 is 1.91 bits per heavy atom. The van der Waals surface area contributed by atoms with Gasteiger partial charge in [0.15, 0.2) is 0 Å². The average molecular weight is 332 g/mol. The maximum atomic E-state index is 12.1. The van der Waals surface area contributed by atoms with E-state index in [0.29, 0.717) is 38.4 Å². The Bertz CT molecular complexity index is 421. The average Bonchev–Trinajstić information content (AvgIpc) is 2.83. The van der Waals surface area contributed by atoms with Crippen molar-refractivity contribution >= 4 is 29.3 Å². The lowest BCUT2D eigenvalue weighted by Crippen LogP contribution is -2.43. The summed E-state index contributed by atoms with van der Waals surface area (Å²) in [5, 5.41) is 5.49. The molecule has 0 aromatic rings. The number of halogens is 1. The third kappa shape index (κ3) is 5.83. The number of likely N-dealkylation sites (tertiary alicyclic amines) is 1. The van der Waals surface area contributed by atoms with Gasteiger partial charge in [0.2, 0.25) is 17.7 Å². The largest absolute Gasteiger partial charge is 0.354 e. The van der Waals surface area contributed by atoms with Crippen LogP contribution >= 0.6 is 11.6 Å². The zero-order valence-corrected chi connectivity index (χ0v) is 14.3. The Kier molecular flexibility index (Phi) is 7.13. The van der Waals surface area contributed by atoms with Gasteiger partial charge in [-0.2, -0.15) is 0 Å². The smallest absolute Gasteiger partial charge is 0.225 e. The van der Waals surface area contributed by atoms with E-state index in [1.54, 1.807) is 4.90 Å². The number of rotatable bonds is 7. The van der Waals surface area contributed by atoms with Crippen molar-refractivity contribution in [3.63, 3.8) is 0 Å². The predicted molar refractivity (Wildman–Crippen MR) is 85.5 cm³/mol. The highest BCUT2D eigenvalue weighted by Crippen LogP contribution is 2.25. The van der Waals surface area contributed by atoms with Crippen molar-refractivity contribution in [2.75, 3.05) is 25.5 Å². The monoisotopic (exact) mass is 331 g/mol. The van der Waals surface area contributed by atoms with Gasteiger partial charge in [0.25, 0.3) is 0 Å². The van der Waals surface area contributed by atoms with Crippen LogP contribution in [0.5, 0.6) is 0 Å². The molecule has 1 heterocycles. The quantitative estimate of drug-likeness (QED) is 0.537. The van der Waals surface area contributed by atoms with Crippen molar-refractivity contribution in [1.29, 1.82) is 0 Å². The van der Waals surface area contributed by atoms with Crippen molar-refractivity contribution in [2.45, 2.75) is 45.6 Å². The van der Waals surface area contributed by atoms with E-state index >= 15 is 0 Å². The Hall–Kier alpha value is -1.30. The fourth-order valence-electron chi connectivity index (χ4n) is 2.38. The molecule has 1 aliphatic heterocycles. The number of nitrogens with one attached hydrogen (secondary N) is 2. The van der Waals surface area contributed by atoms with Crippen molar-refractivity contribution in [1.82, 2.24) is 15.5 Å².